The van der Waals surface area contributed by atoms with E-state index >= 15 is 0 Å². The minimum absolute atomic E-state index is 0.245. The Labute approximate surface area is 88.7 Å². The van der Waals surface area contributed by atoms with Gasteiger partial charge in [-0.2, -0.15) is 0 Å². The predicted octanol–water partition coefficient (Wildman–Crippen LogP) is 0.708. The van der Waals surface area contributed by atoms with Crippen LogP contribution in [0.3, 0.4) is 0 Å². The molecule has 0 aliphatic heterocycles. The zero-order valence-corrected chi connectivity index (χ0v) is 9.24. The molecule has 0 N–H and O–H groups in total. The lowest BCUT2D eigenvalue weighted by Gasteiger charge is -2.10. The van der Waals surface area contributed by atoms with E-state index in [0.717, 1.165) is 6.92 Å². The molecular formula is C10H16O5. The first-order chi connectivity index (χ1) is 6.99. The summed E-state index contributed by atoms with van der Waals surface area (Å²) in [7, 11) is 0. The molecule has 0 saturated heterocycles. The fourth-order valence-electron chi connectivity index (χ4n) is 1.05. The zero-order chi connectivity index (χ0) is 11.8. The number of hydrogen-bond donors (Lipinski definition) is 0. The van der Waals surface area contributed by atoms with Gasteiger partial charge in [0.2, 0.25) is 0 Å². The van der Waals surface area contributed by atoms with E-state index in [9.17, 15) is 14.4 Å². The highest BCUT2D eigenvalue weighted by Crippen LogP contribution is 2.08. The van der Waals surface area contributed by atoms with Crippen LogP contribution < -0.4 is 0 Å². The molecule has 0 radical (unpaired) electrons. The van der Waals surface area contributed by atoms with Crippen molar-refractivity contribution in [1.82, 2.24) is 0 Å². The molecule has 0 aromatic heterocycles. The van der Waals surface area contributed by atoms with Crippen molar-refractivity contribution >= 4 is 17.7 Å². The average Bonchev–Trinajstić information content (AvgIpc) is 2.10. The minimum Gasteiger partial charge on any atom is -0.393 e. The van der Waals surface area contributed by atoms with Crippen LogP contribution in [-0.2, 0) is 23.9 Å². The first-order valence-electron chi connectivity index (χ1n) is 4.79. The van der Waals surface area contributed by atoms with Crippen LogP contribution in [-0.4, -0.2) is 30.9 Å². The van der Waals surface area contributed by atoms with E-state index in [2.05, 4.69) is 4.74 Å². The van der Waals surface area contributed by atoms with E-state index in [1.54, 1.807) is 0 Å². The molecule has 0 spiro atoms. The van der Waals surface area contributed by atoms with Crippen molar-refractivity contribution in [3.63, 3.8) is 0 Å². The van der Waals surface area contributed by atoms with Crippen LogP contribution in [0, 0.1) is 5.92 Å². The van der Waals surface area contributed by atoms with Crippen molar-refractivity contribution in [1.29, 1.82) is 0 Å². The van der Waals surface area contributed by atoms with E-state index in [-0.39, 0.29) is 12.2 Å². The number of carbonyl (C=O) groups excluding carboxylic acids is 3. The number of rotatable bonds is 6. The molecule has 0 rings (SSSR count). The molecule has 0 heterocycles. The first-order valence-corrected chi connectivity index (χ1v) is 4.79. The van der Waals surface area contributed by atoms with Gasteiger partial charge in [0.15, 0.2) is 0 Å². The zero-order valence-electron chi connectivity index (χ0n) is 9.24. The molecule has 0 saturated carbocycles. The lowest BCUT2D eigenvalue weighted by molar-refractivity contribution is -0.162. The van der Waals surface area contributed by atoms with Gasteiger partial charge in [-0.1, -0.05) is 0 Å². The number of Topliss-reactive ketones (excluding diaryl/α,β-unsaturated/α-hetero) is 1. The topological polar surface area (TPSA) is 69.7 Å². The van der Waals surface area contributed by atoms with Gasteiger partial charge in [0.1, 0.15) is 11.7 Å². The highest BCUT2D eigenvalue weighted by Gasteiger charge is 2.25. The normalized spacial score (nSPS) is 11.9. The van der Waals surface area contributed by atoms with Crippen LogP contribution in [0.5, 0.6) is 0 Å². The number of ether oxygens (including phenoxy) is 2. The van der Waals surface area contributed by atoms with Gasteiger partial charge < -0.3 is 9.47 Å². The molecule has 15 heavy (non-hydrogen) atoms. The molecular weight excluding hydrogens is 200 g/mol. The summed E-state index contributed by atoms with van der Waals surface area (Å²) < 4.78 is 9.37. The Hall–Kier alpha value is -1.23. The van der Waals surface area contributed by atoms with Gasteiger partial charge in [-0.05, 0) is 20.3 Å². The molecule has 5 heteroatoms. The second-order valence-corrected chi connectivity index (χ2v) is 3.06. The molecule has 86 valence electrons. The molecule has 0 aromatic carbocycles. The van der Waals surface area contributed by atoms with E-state index < -0.39 is 17.9 Å². The molecule has 0 aliphatic rings. The molecule has 0 fully saturated rings. The summed E-state index contributed by atoms with van der Waals surface area (Å²) in [6.07, 6.45) is 0.245. The largest absolute Gasteiger partial charge is 0.393 e. The van der Waals surface area contributed by atoms with E-state index in [0.29, 0.717) is 13.2 Å². The fourth-order valence-corrected chi connectivity index (χ4v) is 1.05. The second-order valence-electron chi connectivity index (χ2n) is 3.06. The smallest absolute Gasteiger partial charge is 0.324 e. The molecule has 1 unspecified atom stereocenters. The Morgan fingerprint density at radius 2 is 1.80 bits per heavy atom. The SMILES string of the molecule is CCOCCC(C(C)=O)C(=O)OC(C)=O. The molecule has 0 aromatic rings. The van der Waals surface area contributed by atoms with Gasteiger partial charge in [-0.3, -0.25) is 14.4 Å². The standard InChI is InChI=1S/C10H16O5/c1-4-14-6-5-9(7(2)11)10(13)15-8(3)12/h9H,4-6H2,1-3H3. The van der Waals surface area contributed by atoms with Crippen molar-refractivity contribution in [3.05, 3.63) is 0 Å². The van der Waals surface area contributed by atoms with E-state index in [1.807, 2.05) is 6.92 Å². The van der Waals surface area contributed by atoms with Crippen LogP contribution in [0.15, 0.2) is 0 Å². The summed E-state index contributed by atoms with van der Waals surface area (Å²) in [6, 6.07) is 0. The lowest BCUT2D eigenvalue weighted by Crippen LogP contribution is -2.27. The van der Waals surface area contributed by atoms with E-state index in [4.69, 9.17) is 4.74 Å². The van der Waals surface area contributed by atoms with Crippen LogP contribution in [0.25, 0.3) is 0 Å². The molecule has 0 amide bonds. The minimum atomic E-state index is -0.902. The van der Waals surface area contributed by atoms with Crippen LogP contribution >= 0.6 is 0 Å². The molecule has 0 bridgehead atoms. The summed E-state index contributed by atoms with van der Waals surface area (Å²) in [5, 5.41) is 0. The summed E-state index contributed by atoms with van der Waals surface area (Å²) >= 11 is 0. The molecule has 5 nitrogen and oxygen atoms in total. The van der Waals surface area contributed by atoms with Crippen LogP contribution in [0.2, 0.25) is 0 Å². The van der Waals surface area contributed by atoms with Gasteiger partial charge in [-0.15, -0.1) is 0 Å². The van der Waals surface area contributed by atoms with Gasteiger partial charge in [0, 0.05) is 20.1 Å². The van der Waals surface area contributed by atoms with Crippen molar-refractivity contribution in [2.24, 2.45) is 5.92 Å². The van der Waals surface area contributed by atoms with Crippen molar-refractivity contribution in [2.45, 2.75) is 27.2 Å². The fraction of sp³-hybridized carbons (Fsp3) is 0.700. The predicted molar refractivity (Wildman–Crippen MR) is 52.1 cm³/mol. The lowest BCUT2D eigenvalue weighted by atomic mass is 10.0. The Morgan fingerprint density at radius 3 is 2.20 bits per heavy atom. The van der Waals surface area contributed by atoms with Gasteiger partial charge in [-0.25, -0.2) is 0 Å². The summed E-state index contributed by atoms with van der Waals surface area (Å²) in [4.78, 5) is 32.9. The monoisotopic (exact) mass is 216 g/mol. The van der Waals surface area contributed by atoms with Crippen LogP contribution in [0.1, 0.15) is 27.2 Å². The average molecular weight is 216 g/mol. The Balaban J connectivity index is 4.19. The number of ketones is 1. The number of hydrogen-bond acceptors (Lipinski definition) is 5. The second kappa shape index (κ2) is 7.11. The highest BCUT2D eigenvalue weighted by atomic mass is 16.6. The third kappa shape index (κ3) is 5.96. The molecule has 0 aliphatic carbocycles. The summed E-state index contributed by atoms with van der Waals surface area (Å²) in [6.45, 7) is 5.05. The van der Waals surface area contributed by atoms with E-state index in [1.165, 1.54) is 6.92 Å². The third-order valence-electron chi connectivity index (χ3n) is 1.77. The summed E-state index contributed by atoms with van der Waals surface area (Å²) in [5.74, 6) is -2.72. The maximum atomic E-state index is 11.3. The Kier molecular flexibility index (Phi) is 6.53. The maximum Gasteiger partial charge on any atom is 0.324 e. The van der Waals surface area contributed by atoms with Gasteiger partial charge >= 0.3 is 11.9 Å². The number of esters is 2. The Bertz CT molecular complexity index is 246. The summed E-state index contributed by atoms with van der Waals surface area (Å²) in [5.41, 5.74) is 0. The van der Waals surface area contributed by atoms with Gasteiger partial charge in [0.25, 0.3) is 0 Å². The Morgan fingerprint density at radius 1 is 1.20 bits per heavy atom. The highest BCUT2D eigenvalue weighted by molar-refractivity contribution is 6.00. The third-order valence-corrected chi connectivity index (χ3v) is 1.77. The van der Waals surface area contributed by atoms with Gasteiger partial charge in [0.05, 0.1) is 0 Å². The molecule has 1 atom stereocenters. The first kappa shape index (κ1) is 13.8. The van der Waals surface area contributed by atoms with Crippen molar-refractivity contribution < 1.29 is 23.9 Å². The van der Waals surface area contributed by atoms with Crippen molar-refractivity contribution in [2.75, 3.05) is 13.2 Å². The quantitative estimate of drug-likeness (QED) is 0.371. The van der Waals surface area contributed by atoms with Crippen LogP contribution in [0.4, 0.5) is 0 Å². The number of carbonyl (C=O) groups is 3. The maximum absolute atomic E-state index is 11.3. The van der Waals surface area contributed by atoms with Crippen molar-refractivity contribution in [3.8, 4) is 0 Å².